The molecule has 2 N–H and O–H groups in total. The molecule has 0 unspecified atom stereocenters. The average Bonchev–Trinajstić information content (AvgIpc) is 2.93. The van der Waals surface area contributed by atoms with E-state index in [0.717, 1.165) is 33.3 Å². The van der Waals surface area contributed by atoms with Crippen LogP contribution in [0, 0.1) is 0 Å². The molecule has 124 valence electrons. The van der Waals surface area contributed by atoms with Crippen molar-refractivity contribution in [3.63, 3.8) is 0 Å². The molecule has 0 atom stereocenters. The maximum atomic E-state index is 12.3. The summed E-state index contributed by atoms with van der Waals surface area (Å²) in [6.07, 6.45) is 1.94. The van der Waals surface area contributed by atoms with Gasteiger partial charge in [-0.3, -0.25) is 0 Å². The predicted molar refractivity (Wildman–Crippen MR) is 101 cm³/mol. The third-order valence-electron chi connectivity index (χ3n) is 3.68. The number of nitrogens with zero attached hydrogens (tertiary/aromatic N) is 1. The van der Waals surface area contributed by atoms with Crippen molar-refractivity contribution >= 4 is 44.2 Å². The van der Waals surface area contributed by atoms with Gasteiger partial charge in [-0.25, -0.2) is 4.79 Å². The first-order valence-electron chi connectivity index (χ1n) is 7.58. The van der Waals surface area contributed by atoms with Crippen molar-refractivity contribution in [1.82, 2.24) is 4.57 Å². The smallest absolute Gasteiger partial charge is 0.323 e. The molecule has 3 rings (SSSR count). The Labute approximate surface area is 148 Å². The van der Waals surface area contributed by atoms with Crippen LogP contribution < -0.4 is 10.6 Å². The Morgan fingerprint density at radius 1 is 1.12 bits per heavy atom. The number of fused-ring (bicyclic) bond motifs is 1. The first-order chi connectivity index (χ1) is 11.7. The number of hydrogen-bond acceptors (Lipinski definition) is 2. The van der Waals surface area contributed by atoms with Gasteiger partial charge in [0.25, 0.3) is 0 Å². The molecule has 1 aromatic heterocycles. The monoisotopic (exact) mass is 387 g/mol. The van der Waals surface area contributed by atoms with Crippen molar-refractivity contribution in [2.24, 2.45) is 0 Å². The van der Waals surface area contributed by atoms with Gasteiger partial charge >= 0.3 is 6.03 Å². The topological polar surface area (TPSA) is 55.3 Å². The normalized spacial score (nSPS) is 10.8. The number of urea groups is 1. The van der Waals surface area contributed by atoms with Gasteiger partial charge in [-0.05, 0) is 30.3 Å². The Hall–Kier alpha value is -2.31. The summed E-state index contributed by atoms with van der Waals surface area (Å²) in [5.41, 5.74) is 2.57. The van der Waals surface area contributed by atoms with E-state index in [1.807, 2.05) is 54.7 Å². The van der Waals surface area contributed by atoms with E-state index in [1.54, 1.807) is 7.11 Å². The lowest BCUT2D eigenvalue weighted by atomic mass is 10.2. The number of benzene rings is 2. The van der Waals surface area contributed by atoms with Gasteiger partial charge in [0.15, 0.2) is 0 Å². The maximum absolute atomic E-state index is 12.3. The number of anilines is 2. The molecule has 5 nitrogen and oxygen atoms in total. The zero-order valence-electron chi connectivity index (χ0n) is 13.3. The van der Waals surface area contributed by atoms with Crippen LogP contribution in [-0.2, 0) is 11.3 Å². The van der Waals surface area contributed by atoms with Crippen LogP contribution in [0.3, 0.4) is 0 Å². The van der Waals surface area contributed by atoms with E-state index in [1.165, 1.54) is 0 Å². The molecule has 1 heterocycles. The highest BCUT2D eigenvalue weighted by Crippen LogP contribution is 2.26. The molecule has 0 saturated heterocycles. The van der Waals surface area contributed by atoms with E-state index in [4.69, 9.17) is 4.74 Å². The number of halogens is 1. The van der Waals surface area contributed by atoms with Gasteiger partial charge in [0, 0.05) is 35.4 Å². The molecule has 0 radical (unpaired) electrons. The largest absolute Gasteiger partial charge is 0.383 e. The molecule has 0 aliphatic rings. The Bertz CT molecular complexity index is 843. The van der Waals surface area contributed by atoms with E-state index in [2.05, 4.69) is 31.1 Å². The molecule has 6 heteroatoms. The summed E-state index contributed by atoms with van der Waals surface area (Å²) in [5, 5.41) is 6.75. The molecule has 0 spiro atoms. The van der Waals surface area contributed by atoms with Crippen LogP contribution in [0.5, 0.6) is 0 Å². The minimum absolute atomic E-state index is 0.271. The highest BCUT2D eigenvalue weighted by molar-refractivity contribution is 9.10. The first kappa shape index (κ1) is 16.5. The van der Waals surface area contributed by atoms with Crippen LogP contribution in [0.2, 0.25) is 0 Å². The highest BCUT2D eigenvalue weighted by Gasteiger charge is 2.11. The third kappa shape index (κ3) is 3.77. The zero-order chi connectivity index (χ0) is 16.9. The Kier molecular flexibility index (Phi) is 5.17. The predicted octanol–water partition coefficient (Wildman–Crippen LogP) is 4.69. The van der Waals surface area contributed by atoms with Crippen molar-refractivity contribution < 1.29 is 9.53 Å². The molecule has 0 aliphatic carbocycles. The van der Waals surface area contributed by atoms with Gasteiger partial charge in [0.2, 0.25) is 0 Å². The van der Waals surface area contributed by atoms with Gasteiger partial charge in [-0.2, -0.15) is 0 Å². The quantitative estimate of drug-likeness (QED) is 0.666. The fraction of sp³-hybridized carbons (Fsp3) is 0.167. The van der Waals surface area contributed by atoms with E-state index >= 15 is 0 Å². The van der Waals surface area contributed by atoms with E-state index in [0.29, 0.717) is 6.61 Å². The number of para-hydroxylation sites is 1. The summed E-state index contributed by atoms with van der Waals surface area (Å²) in [7, 11) is 1.68. The molecule has 2 aromatic carbocycles. The number of carbonyl (C=O) groups is 1. The Morgan fingerprint density at radius 3 is 2.62 bits per heavy atom. The zero-order valence-corrected chi connectivity index (χ0v) is 14.8. The Balaban J connectivity index is 1.78. The van der Waals surface area contributed by atoms with E-state index in [9.17, 15) is 4.79 Å². The molecular weight excluding hydrogens is 370 g/mol. The van der Waals surface area contributed by atoms with Crippen LogP contribution in [0.15, 0.2) is 59.2 Å². The number of carbonyl (C=O) groups excluding carboxylic acids is 1. The van der Waals surface area contributed by atoms with Crippen molar-refractivity contribution in [3.8, 4) is 0 Å². The van der Waals surface area contributed by atoms with Gasteiger partial charge < -0.3 is 19.9 Å². The second-order valence-electron chi connectivity index (χ2n) is 5.33. The number of ether oxygens (including phenoxy) is 1. The van der Waals surface area contributed by atoms with E-state index in [-0.39, 0.29) is 6.03 Å². The van der Waals surface area contributed by atoms with Crippen molar-refractivity contribution in [2.75, 3.05) is 24.4 Å². The second kappa shape index (κ2) is 7.51. The average molecular weight is 388 g/mol. The molecule has 0 saturated carbocycles. The number of aromatic nitrogens is 1. The Morgan fingerprint density at radius 2 is 1.88 bits per heavy atom. The number of methoxy groups -OCH3 is 1. The number of hydrogen-bond donors (Lipinski definition) is 2. The van der Waals surface area contributed by atoms with Crippen LogP contribution in [0.25, 0.3) is 10.9 Å². The maximum Gasteiger partial charge on any atom is 0.323 e. The number of rotatable bonds is 5. The van der Waals surface area contributed by atoms with Gasteiger partial charge in [-0.1, -0.05) is 34.1 Å². The molecule has 0 bridgehead atoms. The third-order valence-corrected chi connectivity index (χ3v) is 4.20. The van der Waals surface area contributed by atoms with Crippen LogP contribution in [0.4, 0.5) is 16.2 Å². The minimum atomic E-state index is -0.271. The van der Waals surface area contributed by atoms with Crippen LogP contribution >= 0.6 is 15.9 Å². The van der Waals surface area contributed by atoms with Crippen molar-refractivity contribution in [2.45, 2.75) is 6.54 Å². The van der Waals surface area contributed by atoms with Crippen LogP contribution in [-0.4, -0.2) is 24.3 Å². The van der Waals surface area contributed by atoms with Gasteiger partial charge in [-0.15, -0.1) is 0 Å². The summed E-state index contributed by atoms with van der Waals surface area (Å²) in [6.45, 7) is 1.34. The summed E-state index contributed by atoms with van der Waals surface area (Å²) >= 11 is 3.37. The molecule has 3 aromatic rings. The van der Waals surface area contributed by atoms with Gasteiger partial charge in [0.1, 0.15) is 0 Å². The lowest BCUT2D eigenvalue weighted by Gasteiger charge is -2.07. The molecule has 0 aliphatic heterocycles. The lowest BCUT2D eigenvalue weighted by Crippen LogP contribution is -2.19. The molecular formula is C18H18BrN3O2. The van der Waals surface area contributed by atoms with E-state index < -0.39 is 0 Å². The molecule has 24 heavy (non-hydrogen) atoms. The number of nitrogens with one attached hydrogen (secondary N) is 2. The fourth-order valence-electron chi connectivity index (χ4n) is 2.54. The lowest BCUT2D eigenvalue weighted by molar-refractivity contribution is 0.188. The van der Waals surface area contributed by atoms with Crippen molar-refractivity contribution in [1.29, 1.82) is 0 Å². The summed E-state index contributed by atoms with van der Waals surface area (Å²) in [5.74, 6) is 0. The SMILES string of the molecule is COCCn1cc(NC(=O)Nc2ccc(Br)cc2)c2ccccc21. The van der Waals surface area contributed by atoms with Gasteiger partial charge in [0.05, 0.1) is 17.8 Å². The van der Waals surface area contributed by atoms with Crippen LogP contribution in [0.1, 0.15) is 0 Å². The molecule has 0 fully saturated rings. The van der Waals surface area contributed by atoms with Crippen molar-refractivity contribution in [3.05, 3.63) is 59.2 Å². The standard InChI is InChI=1S/C18H18BrN3O2/c1-24-11-10-22-12-16(15-4-2-3-5-17(15)22)21-18(23)20-14-8-6-13(19)7-9-14/h2-9,12H,10-11H2,1H3,(H2,20,21,23). The first-order valence-corrected chi connectivity index (χ1v) is 8.37. The minimum Gasteiger partial charge on any atom is -0.383 e. The summed E-state index contributed by atoms with van der Waals surface area (Å²) < 4.78 is 8.19. The molecule has 2 amide bonds. The second-order valence-corrected chi connectivity index (χ2v) is 6.25. The summed E-state index contributed by atoms with van der Waals surface area (Å²) in [4.78, 5) is 12.3. The number of amides is 2. The highest BCUT2D eigenvalue weighted by atomic mass is 79.9. The summed E-state index contributed by atoms with van der Waals surface area (Å²) in [6, 6.07) is 15.1. The fourth-order valence-corrected chi connectivity index (χ4v) is 2.80.